The van der Waals surface area contributed by atoms with E-state index in [0.29, 0.717) is 30.3 Å². The number of carbonyl (C=O) groups is 1. The molecule has 35 heavy (non-hydrogen) atoms. The van der Waals surface area contributed by atoms with Crippen LogP contribution in [0, 0.1) is 5.82 Å². The van der Waals surface area contributed by atoms with Crippen molar-refractivity contribution in [1.82, 2.24) is 15.3 Å². The fourth-order valence-corrected chi connectivity index (χ4v) is 3.96. The molecule has 4 rings (SSSR count). The standard InChI is InChI=1S/C24H27FN6O3S/c1-35(33)24-29-21(26-10-11-27-23(32)17-2-4-18(25)5-3-17)16-22(30-24)28-19-6-8-20(9-7-19)31-12-14-34-15-13-31/h2-9,16H,10-15H2,1H3,(H,27,32)(H2,26,28,29,30). The van der Waals surface area contributed by atoms with E-state index in [1.165, 1.54) is 30.5 Å². The maximum atomic E-state index is 13.0. The molecule has 3 N–H and O–H groups in total. The number of hydrogen-bond acceptors (Lipinski definition) is 8. The zero-order valence-corrected chi connectivity index (χ0v) is 20.1. The number of nitrogens with zero attached hydrogens (tertiary/aromatic N) is 3. The van der Waals surface area contributed by atoms with E-state index in [4.69, 9.17) is 4.74 Å². The Kier molecular flexibility index (Phi) is 8.22. The zero-order valence-electron chi connectivity index (χ0n) is 19.3. The molecule has 1 aliphatic rings. The Morgan fingerprint density at radius 2 is 1.71 bits per heavy atom. The fraction of sp³-hybridized carbons (Fsp3) is 0.292. The molecule has 1 unspecified atom stereocenters. The molecule has 184 valence electrons. The Morgan fingerprint density at radius 1 is 1.03 bits per heavy atom. The van der Waals surface area contributed by atoms with Gasteiger partial charge in [0.15, 0.2) is 0 Å². The van der Waals surface area contributed by atoms with Gasteiger partial charge in [0.25, 0.3) is 5.91 Å². The number of hydrogen-bond donors (Lipinski definition) is 3. The Morgan fingerprint density at radius 3 is 2.40 bits per heavy atom. The first-order valence-electron chi connectivity index (χ1n) is 11.2. The molecule has 11 heteroatoms. The topological polar surface area (TPSA) is 108 Å². The first-order chi connectivity index (χ1) is 17.0. The van der Waals surface area contributed by atoms with Gasteiger partial charge >= 0.3 is 0 Å². The molecule has 3 aromatic rings. The quantitative estimate of drug-likeness (QED) is 0.305. The Balaban J connectivity index is 1.35. The highest BCUT2D eigenvalue weighted by molar-refractivity contribution is 7.84. The molecule has 0 radical (unpaired) electrons. The molecule has 1 aromatic heterocycles. The van der Waals surface area contributed by atoms with Crippen LogP contribution in [0.1, 0.15) is 10.4 Å². The number of halogens is 1. The summed E-state index contributed by atoms with van der Waals surface area (Å²) in [5.41, 5.74) is 2.34. The van der Waals surface area contributed by atoms with Crippen LogP contribution in [0.25, 0.3) is 0 Å². The molecule has 0 bridgehead atoms. The van der Waals surface area contributed by atoms with Crippen molar-refractivity contribution in [1.29, 1.82) is 0 Å². The third kappa shape index (κ3) is 6.96. The largest absolute Gasteiger partial charge is 0.378 e. The average molecular weight is 499 g/mol. The second kappa shape index (κ2) is 11.7. The third-order valence-corrected chi connectivity index (χ3v) is 6.00. The van der Waals surface area contributed by atoms with Crippen LogP contribution >= 0.6 is 0 Å². The first kappa shape index (κ1) is 24.6. The van der Waals surface area contributed by atoms with Crippen LogP contribution < -0.4 is 20.9 Å². The van der Waals surface area contributed by atoms with E-state index in [1.807, 2.05) is 24.3 Å². The van der Waals surface area contributed by atoms with Gasteiger partial charge in [0.1, 0.15) is 17.5 Å². The van der Waals surface area contributed by atoms with Crippen molar-refractivity contribution in [2.45, 2.75) is 5.16 Å². The van der Waals surface area contributed by atoms with Gasteiger partial charge in [-0.3, -0.25) is 9.00 Å². The van der Waals surface area contributed by atoms with Crippen LogP contribution in [0.2, 0.25) is 0 Å². The molecule has 1 aliphatic heterocycles. The summed E-state index contributed by atoms with van der Waals surface area (Å²) in [5, 5.41) is 9.30. The minimum atomic E-state index is -1.38. The molecule has 1 fully saturated rings. The normalized spacial score (nSPS) is 14.3. The minimum Gasteiger partial charge on any atom is -0.378 e. The van der Waals surface area contributed by atoms with Crippen molar-refractivity contribution in [3.8, 4) is 0 Å². The van der Waals surface area contributed by atoms with Crippen molar-refractivity contribution in [3.05, 3.63) is 66.0 Å². The molecular formula is C24H27FN6O3S. The van der Waals surface area contributed by atoms with E-state index < -0.39 is 16.6 Å². The number of rotatable bonds is 9. The Hall–Kier alpha value is -3.57. The summed E-state index contributed by atoms with van der Waals surface area (Å²) in [6.45, 7) is 3.88. The summed E-state index contributed by atoms with van der Waals surface area (Å²) in [4.78, 5) is 23.1. The first-order valence-corrected chi connectivity index (χ1v) is 12.7. The Bertz CT molecular complexity index is 1170. The maximum absolute atomic E-state index is 13.0. The van der Waals surface area contributed by atoms with E-state index in [-0.39, 0.29) is 11.1 Å². The molecule has 1 saturated heterocycles. The van der Waals surface area contributed by atoms with E-state index in [1.54, 1.807) is 6.07 Å². The van der Waals surface area contributed by atoms with Crippen LogP contribution in [-0.2, 0) is 15.5 Å². The SMILES string of the molecule is CS(=O)c1nc(NCCNC(=O)c2ccc(F)cc2)cc(Nc2ccc(N3CCOCC3)cc2)n1. The van der Waals surface area contributed by atoms with Gasteiger partial charge in [-0.1, -0.05) is 0 Å². The van der Waals surface area contributed by atoms with E-state index in [0.717, 1.165) is 37.7 Å². The van der Waals surface area contributed by atoms with Gasteiger partial charge < -0.3 is 25.6 Å². The number of carbonyl (C=O) groups excluding carboxylic acids is 1. The average Bonchev–Trinajstić information content (AvgIpc) is 2.88. The number of morpholine rings is 1. The molecule has 2 aromatic carbocycles. The summed E-state index contributed by atoms with van der Waals surface area (Å²) < 4.78 is 30.5. The number of aromatic nitrogens is 2. The van der Waals surface area contributed by atoms with Crippen LogP contribution in [0.15, 0.2) is 59.8 Å². The van der Waals surface area contributed by atoms with E-state index in [9.17, 15) is 13.4 Å². The highest BCUT2D eigenvalue weighted by Gasteiger charge is 2.12. The summed E-state index contributed by atoms with van der Waals surface area (Å²) in [5.74, 6) is 0.289. The predicted molar refractivity (Wildman–Crippen MR) is 134 cm³/mol. The monoisotopic (exact) mass is 498 g/mol. The molecule has 1 amide bonds. The lowest BCUT2D eigenvalue weighted by atomic mass is 10.2. The fourth-order valence-electron chi connectivity index (χ4n) is 3.50. The number of benzene rings is 2. The van der Waals surface area contributed by atoms with Gasteiger partial charge in [0, 0.05) is 55.4 Å². The molecule has 0 saturated carbocycles. The Labute approximate surface area is 205 Å². The summed E-state index contributed by atoms with van der Waals surface area (Å²) in [7, 11) is -1.38. The number of amides is 1. The minimum absolute atomic E-state index is 0.192. The smallest absolute Gasteiger partial charge is 0.251 e. The summed E-state index contributed by atoms with van der Waals surface area (Å²) in [6, 6.07) is 15.1. The van der Waals surface area contributed by atoms with Crippen LogP contribution in [0.5, 0.6) is 0 Å². The van der Waals surface area contributed by atoms with Crippen LogP contribution in [-0.4, -0.2) is 65.7 Å². The van der Waals surface area contributed by atoms with Crippen LogP contribution in [0.4, 0.5) is 27.4 Å². The lowest BCUT2D eigenvalue weighted by molar-refractivity contribution is 0.0955. The van der Waals surface area contributed by atoms with Crippen molar-refractivity contribution in [3.63, 3.8) is 0 Å². The zero-order chi connectivity index (χ0) is 24.6. The lowest BCUT2D eigenvalue weighted by Gasteiger charge is -2.28. The predicted octanol–water partition coefficient (Wildman–Crippen LogP) is 2.78. The van der Waals surface area contributed by atoms with Gasteiger partial charge in [-0.2, -0.15) is 0 Å². The lowest BCUT2D eigenvalue weighted by Crippen LogP contribution is -2.36. The molecular weight excluding hydrogens is 471 g/mol. The van der Waals surface area contributed by atoms with Crippen LogP contribution in [0.3, 0.4) is 0 Å². The van der Waals surface area contributed by atoms with E-state index >= 15 is 0 Å². The van der Waals surface area contributed by atoms with Gasteiger partial charge in [0.2, 0.25) is 5.16 Å². The summed E-state index contributed by atoms with van der Waals surface area (Å²) in [6.07, 6.45) is 1.52. The second-order valence-corrected chi connectivity index (χ2v) is 9.11. The van der Waals surface area contributed by atoms with E-state index in [2.05, 4.69) is 30.8 Å². The van der Waals surface area contributed by atoms with Gasteiger partial charge in [-0.15, -0.1) is 0 Å². The maximum Gasteiger partial charge on any atom is 0.251 e. The van der Waals surface area contributed by atoms with Crippen molar-refractivity contribution in [2.24, 2.45) is 0 Å². The highest BCUT2D eigenvalue weighted by atomic mass is 32.2. The van der Waals surface area contributed by atoms with Gasteiger partial charge in [-0.25, -0.2) is 14.4 Å². The van der Waals surface area contributed by atoms with Crippen molar-refractivity contribution in [2.75, 3.05) is 61.2 Å². The summed E-state index contributed by atoms with van der Waals surface area (Å²) >= 11 is 0. The molecule has 0 aliphatic carbocycles. The van der Waals surface area contributed by atoms with Gasteiger partial charge in [0.05, 0.1) is 24.0 Å². The number of anilines is 4. The number of nitrogens with one attached hydrogen (secondary N) is 3. The second-order valence-electron chi connectivity index (χ2n) is 7.84. The number of ether oxygens (including phenoxy) is 1. The molecule has 2 heterocycles. The third-order valence-electron chi connectivity index (χ3n) is 5.30. The molecule has 1 atom stereocenters. The van der Waals surface area contributed by atoms with Crippen molar-refractivity contribution < 1.29 is 18.1 Å². The van der Waals surface area contributed by atoms with Crippen molar-refractivity contribution >= 4 is 39.7 Å². The molecule has 0 spiro atoms. The molecule has 9 nitrogen and oxygen atoms in total. The highest BCUT2D eigenvalue weighted by Crippen LogP contribution is 2.22. The van der Waals surface area contributed by atoms with Gasteiger partial charge in [-0.05, 0) is 48.5 Å².